The Balaban J connectivity index is 1.48. The Morgan fingerprint density at radius 3 is 2.72 bits per heavy atom. The molecule has 0 radical (unpaired) electrons. The fourth-order valence-electron chi connectivity index (χ4n) is 3.84. The summed E-state index contributed by atoms with van der Waals surface area (Å²) in [6.07, 6.45) is 7.94. The van der Waals surface area contributed by atoms with E-state index in [1.165, 1.54) is 0 Å². The third-order valence-electron chi connectivity index (χ3n) is 5.41. The highest BCUT2D eigenvalue weighted by atomic mass is 32.1. The summed E-state index contributed by atoms with van der Waals surface area (Å²) in [4.78, 5) is 24.0. The second-order valence-corrected chi connectivity index (χ2v) is 8.34. The van der Waals surface area contributed by atoms with E-state index in [0.29, 0.717) is 0 Å². The lowest BCUT2D eigenvalue weighted by Crippen LogP contribution is -2.43. The van der Waals surface area contributed by atoms with Gasteiger partial charge in [0.25, 0.3) is 0 Å². The number of nitrogens with zero attached hydrogens (tertiary/aromatic N) is 3. The standard InChI is InChI=1S/C23H26N4OS/c1-17(22-26-20(16-29-22)18-8-4-2-5-9-18)25-23(28)27-15-7-3-6-10-21(27)19-11-13-24-14-12-19/h2,4-5,8-9,11-14,16-17,21H,3,6-7,10,15H2,1H3,(H,25,28). The number of hydrogen-bond acceptors (Lipinski definition) is 4. The number of nitrogens with one attached hydrogen (secondary N) is 1. The van der Waals surface area contributed by atoms with E-state index >= 15 is 0 Å². The summed E-state index contributed by atoms with van der Waals surface area (Å²) in [5, 5.41) is 6.16. The minimum absolute atomic E-state index is 0.0160. The maximum absolute atomic E-state index is 13.2. The molecule has 0 saturated carbocycles. The van der Waals surface area contributed by atoms with Gasteiger partial charge >= 0.3 is 6.03 Å². The molecule has 1 saturated heterocycles. The van der Waals surface area contributed by atoms with E-state index in [0.717, 1.165) is 54.1 Å². The molecule has 3 heterocycles. The number of pyridine rings is 1. The number of benzene rings is 1. The van der Waals surface area contributed by atoms with Crippen LogP contribution in [0.4, 0.5) is 4.79 Å². The van der Waals surface area contributed by atoms with Crippen LogP contribution in [0.1, 0.15) is 55.3 Å². The first-order chi connectivity index (χ1) is 14.2. The van der Waals surface area contributed by atoms with Crippen molar-refractivity contribution in [3.63, 3.8) is 0 Å². The Hall–Kier alpha value is -2.73. The molecule has 1 N–H and O–H groups in total. The molecule has 4 rings (SSSR count). The van der Waals surface area contributed by atoms with E-state index in [2.05, 4.69) is 27.8 Å². The lowest BCUT2D eigenvalue weighted by molar-refractivity contribution is 0.172. The zero-order valence-electron chi connectivity index (χ0n) is 16.6. The number of carbonyl (C=O) groups excluding carboxylic acids is 1. The Kier molecular flexibility index (Phi) is 6.20. The van der Waals surface area contributed by atoms with Gasteiger partial charge in [0.05, 0.1) is 17.8 Å². The van der Waals surface area contributed by atoms with E-state index < -0.39 is 0 Å². The number of aromatic nitrogens is 2. The van der Waals surface area contributed by atoms with Crippen LogP contribution < -0.4 is 5.32 Å². The Labute approximate surface area is 175 Å². The van der Waals surface area contributed by atoms with Crippen molar-refractivity contribution in [1.82, 2.24) is 20.2 Å². The van der Waals surface area contributed by atoms with Gasteiger partial charge in [0.1, 0.15) is 5.01 Å². The summed E-state index contributed by atoms with van der Waals surface area (Å²) in [5.74, 6) is 0. The number of amides is 2. The molecule has 5 nitrogen and oxygen atoms in total. The Morgan fingerprint density at radius 1 is 1.14 bits per heavy atom. The van der Waals surface area contributed by atoms with Crippen molar-refractivity contribution in [2.75, 3.05) is 6.54 Å². The maximum Gasteiger partial charge on any atom is 0.318 e. The lowest BCUT2D eigenvalue weighted by atomic mass is 10.0. The predicted molar refractivity (Wildman–Crippen MR) is 117 cm³/mol. The summed E-state index contributed by atoms with van der Waals surface area (Å²) in [6.45, 7) is 2.78. The second kappa shape index (κ2) is 9.18. The molecule has 1 aliphatic heterocycles. The average Bonchev–Trinajstić information content (AvgIpc) is 3.13. The van der Waals surface area contributed by atoms with Crippen LogP contribution in [-0.4, -0.2) is 27.4 Å². The predicted octanol–water partition coefficient (Wildman–Crippen LogP) is 5.59. The van der Waals surface area contributed by atoms with Crippen LogP contribution in [0.25, 0.3) is 11.3 Å². The van der Waals surface area contributed by atoms with Gasteiger partial charge in [0, 0.05) is 29.9 Å². The highest BCUT2D eigenvalue weighted by molar-refractivity contribution is 7.10. The molecule has 2 aromatic heterocycles. The quantitative estimate of drug-likeness (QED) is 0.614. The third kappa shape index (κ3) is 4.65. The largest absolute Gasteiger partial charge is 0.329 e. The molecule has 150 valence electrons. The Bertz CT molecular complexity index is 928. The van der Waals surface area contributed by atoms with Crippen molar-refractivity contribution < 1.29 is 4.79 Å². The molecule has 2 unspecified atom stereocenters. The molecule has 1 aliphatic rings. The van der Waals surface area contributed by atoms with E-state index in [1.807, 2.05) is 42.2 Å². The zero-order valence-corrected chi connectivity index (χ0v) is 17.4. The highest BCUT2D eigenvalue weighted by Gasteiger charge is 2.28. The van der Waals surface area contributed by atoms with Gasteiger partial charge < -0.3 is 10.2 Å². The molecule has 6 heteroatoms. The SMILES string of the molecule is CC(NC(=O)N1CCCCCC1c1ccncc1)c1nc(-c2ccccc2)cs1. The van der Waals surface area contributed by atoms with Gasteiger partial charge in [-0.25, -0.2) is 9.78 Å². The summed E-state index contributed by atoms with van der Waals surface area (Å²) in [5.41, 5.74) is 3.21. The van der Waals surface area contributed by atoms with Gasteiger partial charge in [-0.3, -0.25) is 4.98 Å². The first kappa shape index (κ1) is 19.6. The summed E-state index contributed by atoms with van der Waals surface area (Å²) >= 11 is 1.59. The molecule has 3 aromatic rings. The van der Waals surface area contributed by atoms with Crippen molar-refractivity contribution in [3.8, 4) is 11.3 Å². The summed E-state index contributed by atoms with van der Waals surface area (Å²) in [6, 6.07) is 14.1. The van der Waals surface area contributed by atoms with Crippen molar-refractivity contribution in [2.45, 2.75) is 44.7 Å². The van der Waals surface area contributed by atoms with Gasteiger partial charge in [-0.05, 0) is 37.5 Å². The number of hydrogen-bond donors (Lipinski definition) is 1. The molecule has 2 atom stereocenters. The van der Waals surface area contributed by atoms with Gasteiger partial charge in [0.15, 0.2) is 0 Å². The van der Waals surface area contributed by atoms with Crippen LogP contribution in [-0.2, 0) is 0 Å². The molecule has 29 heavy (non-hydrogen) atoms. The normalized spacial score (nSPS) is 18.1. The van der Waals surface area contributed by atoms with Crippen LogP contribution >= 0.6 is 11.3 Å². The minimum atomic E-state index is -0.133. The number of likely N-dealkylation sites (tertiary alicyclic amines) is 1. The van der Waals surface area contributed by atoms with E-state index in [-0.39, 0.29) is 18.1 Å². The fraction of sp³-hybridized carbons (Fsp3) is 0.348. The molecular weight excluding hydrogens is 380 g/mol. The summed E-state index contributed by atoms with van der Waals surface area (Å²) in [7, 11) is 0. The molecule has 0 aliphatic carbocycles. The van der Waals surface area contributed by atoms with Gasteiger partial charge in [-0.1, -0.05) is 43.2 Å². The number of rotatable bonds is 4. The van der Waals surface area contributed by atoms with Crippen LogP contribution in [0.5, 0.6) is 0 Å². The third-order valence-corrected chi connectivity index (χ3v) is 6.43. The van der Waals surface area contributed by atoms with Gasteiger partial charge in [-0.2, -0.15) is 0 Å². The van der Waals surface area contributed by atoms with Crippen LogP contribution in [0.15, 0.2) is 60.2 Å². The lowest BCUT2D eigenvalue weighted by Gasteiger charge is -2.31. The molecule has 2 amide bonds. The smallest absolute Gasteiger partial charge is 0.318 e. The summed E-state index contributed by atoms with van der Waals surface area (Å²) < 4.78 is 0. The highest BCUT2D eigenvalue weighted by Crippen LogP contribution is 2.31. The van der Waals surface area contributed by atoms with E-state index in [1.54, 1.807) is 23.7 Å². The van der Waals surface area contributed by atoms with Crippen molar-refractivity contribution in [3.05, 3.63) is 70.8 Å². The molecule has 0 bridgehead atoms. The van der Waals surface area contributed by atoms with Crippen molar-refractivity contribution >= 4 is 17.4 Å². The fourth-order valence-corrected chi connectivity index (χ4v) is 4.68. The molecule has 1 fully saturated rings. The molecular formula is C23H26N4OS. The van der Waals surface area contributed by atoms with Crippen molar-refractivity contribution in [2.24, 2.45) is 0 Å². The number of carbonyl (C=O) groups is 1. The van der Waals surface area contributed by atoms with E-state index in [4.69, 9.17) is 4.98 Å². The van der Waals surface area contributed by atoms with Crippen LogP contribution in [0.3, 0.4) is 0 Å². The average molecular weight is 407 g/mol. The number of urea groups is 1. The van der Waals surface area contributed by atoms with Gasteiger partial charge in [-0.15, -0.1) is 11.3 Å². The van der Waals surface area contributed by atoms with Gasteiger partial charge in [0.2, 0.25) is 0 Å². The minimum Gasteiger partial charge on any atom is -0.329 e. The van der Waals surface area contributed by atoms with Crippen molar-refractivity contribution in [1.29, 1.82) is 0 Å². The van der Waals surface area contributed by atoms with Crippen LogP contribution in [0, 0.1) is 0 Å². The topological polar surface area (TPSA) is 58.1 Å². The molecule has 0 spiro atoms. The maximum atomic E-state index is 13.2. The Morgan fingerprint density at radius 2 is 1.93 bits per heavy atom. The first-order valence-electron chi connectivity index (χ1n) is 10.2. The van der Waals surface area contributed by atoms with E-state index in [9.17, 15) is 4.79 Å². The molecule has 1 aromatic carbocycles. The first-order valence-corrected chi connectivity index (χ1v) is 11.1. The zero-order chi connectivity index (χ0) is 20.1. The number of thiazole rings is 1. The monoisotopic (exact) mass is 406 g/mol. The van der Waals surface area contributed by atoms with Crippen LogP contribution in [0.2, 0.25) is 0 Å². The second-order valence-electron chi connectivity index (χ2n) is 7.45.